The molecule has 0 radical (unpaired) electrons. The van der Waals surface area contributed by atoms with E-state index in [4.69, 9.17) is 28.2 Å². The van der Waals surface area contributed by atoms with Crippen LogP contribution in [0.3, 0.4) is 0 Å². The first kappa shape index (κ1) is 23.2. The number of phenolic OH excluding ortho intramolecular Hbond substituents is 1. The highest BCUT2D eigenvalue weighted by atomic mass is 35.5. The molecule has 0 atom stereocenters. The van der Waals surface area contributed by atoms with Gasteiger partial charge >= 0.3 is 0 Å². The molecule has 3 aromatic rings. The average Bonchev–Trinajstić information content (AvgIpc) is 3.20. The van der Waals surface area contributed by atoms with Crippen LogP contribution in [0.5, 0.6) is 5.75 Å². The molecule has 2 aromatic carbocycles. The summed E-state index contributed by atoms with van der Waals surface area (Å²) < 4.78 is 5.51. The van der Waals surface area contributed by atoms with E-state index in [0.717, 1.165) is 5.56 Å². The van der Waals surface area contributed by atoms with E-state index in [-0.39, 0.29) is 49.8 Å². The minimum atomic E-state index is -0.662. The number of nitrogens with zero attached hydrogens (tertiary/aromatic N) is 1. The number of furan rings is 1. The number of nitro benzene ring substituents is 1. The number of carbonyl (C=O) groups is 1. The van der Waals surface area contributed by atoms with Crippen molar-refractivity contribution >= 4 is 46.2 Å². The van der Waals surface area contributed by atoms with Gasteiger partial charge in [-0.15, -0.1) is 0 Å². The highest BCUT2D eigenvalue weighted by Gasteiger charge is 2.21. The first-order valence-corrected chi connectivity index (χ1v) is 10.2. The molecular weight excluding hydrogens is 454 g/mol. The standard InChI is InChI=1S/C22H20ClN3O5S/c1-22(2,3)12-10-14(23)19(27)15(11-12)24-21(32)25-20(28)18-9-8-17(31-18)13-6-4-5-7-16(13)26(29)30/h4-11,27H,1-3H3,(H2,24,25,28,32). The van der Waals surface area contributed by atoms with Crippen molar-refractivity contribution in [3.8, 4) is 17.1 Å². The van der Waals surface area contributed by atoms with Crippen molar-refractivity contribution in [1.29, 1.82) is 0 Å². The molecule has 0 aliphatic carbocycles. The molecule has 1 amide bonds. The lowest BCUT2D eigenvalue weighted by molar-refractivity contribution is -0.384. The number of hydrogen-bond donors (Lipinski definition) is 3. The second kappa shape index (κ2) is 8.97. The van der Waals surface area contributed by atoms with Crippen molar-refractivity contribution < 1.29 is 19.2 Å². The van der Waals surface area contributed by atoms with Gasteiger partial charge in [-0.1, -0.05) is 44.5 Å². The zero-order valence-corrected chi connectivity index (χ0v) is 19.0. The van der Waals surface area contributed by atoms with E-state index in [2.05, 4.69) is 10.6 Å². The summed E-state index contributed by atoms with van der Waals surface area (Å²) in [5.41, 5.74) is 0.973. The van der Waals surface area contributed by atoms with Gasteiger partial charge in [0.2, 0.25) is 0 Å². The fourth-order valence-corrected chi connectivity index (χ4v) is 3.31. The molecule has 166 valence electrons. The van der Waals surface area contributed by atoms with Crippen LogP contribution in [0.15, 0.2) is 52.9 Å². The van der Waals surface area contributed by atoms with Crippen LogP contribution in [0.2, 0.25) is 5.02 Å². The zero-order valence-electron chi connectivity index (χ0n) is 17.4. The predicted octanol–water partition coefficient (Wildman–Crippen LogP) is 5.64. The Kier molecular flexibility index (Phi) is 6.52. The Hall–Kier alpha value is -3.43. The van der Waals surface area contributed by atoms with E-state index in [1.165, 1.54) is 24.3 Å². The average molecular weight is 474 g/mol. The van der Waals surface area contributed by atoms with Gasteiger partial charge in [0.25, 0.3) is 11.6 Å². The second-order valence-corrected chi connectivity index (χ2v) is 8.77. The van der Waals surface area contributed by atoms with Crippen LogP contribution in [0.1, 0.15) is 36.9 Å². The van der Waals surface area contributed by atoms with Gasteiger partial charge in [-0.3, -0.25) is 20.2 Å². The van der Waals surface area contributed by atoms with Crippen LogP contribution in [-0.4, -0.2) is 21.0 Å². The number of para-hydroxylation sites is 1. The van der Waals surface area contributed by atoms with Crippen LogP contribution in [0.4, 0.5) is 11.4 Å². The molecular formula is C22H20ClN3O5S. The fraction of sp³-hybridized carbons (Fsp3) is 0.182. The monoisotopic (exact) mass is 473 g/mol. The third-order valence-corrected chi connectivity index (χ3v) is 5.09. The molecule has 0 saturated carbocycles. The quantitative estimate of drug-likeness (QED) is 0.194. The topological polar surface area (TPSA) is 118 Å². The number of anilines is 1. The van der Waals surface area contributed by atoms with E-state index in [1.54, 1.807) is 24.3 Å². The smallest absolute Gasteiger partial charge is 0.293 e. The van der Waals surface area contributed by atoms with Gasteiger partial charge in [-0.2, -0.15) is 0 Å². The molecule has 3 rings (SSSR count). The summed E-state index contributed by atoms with van der Waals surface area (Å²) in [6.45, 7) is 5.97. The number of thiocarbonyl (C=S) groups is 1. The van der Waals surface area contributed by atoms with Gasteiger partial charge < -0.3 is 14.8 Å². The van der Waals surface area contributed by atoms with Crippen molar-refractivity contribution in [2.24, 2.45) is 0 Å². The Labute approximate surface area is 194 Å². The Balaban J connectivity index is 1.76. The number of carbonyl (C=O) groups excluding carboxylic acids is 1. The summed E-state index contributed by atoms with van der Waals surface area (Å²) >= 11 is 11.3. The molecule has 1 heterocycles. The minimum absolute atomic E-state index is 0.0870. The van der Waals surface area contributed by atoms with Crippen LogP contribution >= 0.6 is 23.8 Å². The molecule has 0 spiro atoms. The maximum absolute atomic E-state index is 12.5. The van der Waals surface area contributed by atoms with E-state index in [9.17, 15) is 20.0 Å². The molecule has 0 unspecified atom stereocenters. The summed E-state index contributed by atoms with van der Waals surface area (Å²) in [5, 5.41) is 26.7. The first-order valence-electron chi connectivity index (χ1n) is 9.46. The number of aromatic hydroxyl groups is 1. The highest BCUT2D eigenvalue weighted by Crippen LogP contribution is 2.37. The van der Waals surface area contributed by atoms with Gasteiger partial charge in [0.05, 0.1) is 21.2 Å². The zero-order chi connectivity index (χ0) is 23.6. The third kappa shape index (κ3) is 5.06. The van der Waals surface area contributed by atoms with Crippen LogP contribution < -0.4 is 10.6 Å². The molecule has 0 aliphatic heterocycles. The molecule has 8 nitrogen and oxygen atoms in total. The number of benzene rings is 2. The largest absolute Gasteiger partial charge is 0.504 e. The molecule has 1 aromatic heterocycles. The highest BCUT2D eigenvalue weighted by molar-refractivity contribution is 7.80. The van der Waals surface area contributed by atoms with Crippen molar-refractivity contribution in [2.75, 3.05) is 5.32 Å². The molecule has 32 heavy (non-hydrogen) atoms. The minimum Gasteiger partial charge on any atom is -0.504 e. The lowest BCUT2D eigenvalue weighted by Gasteiger charge is -2.21. The molecule has 0 fully saturated rings. The van der Waals surface area contributed by atoms with Crippen LogP contribution in [-0.2, 0) is 5.41 Å². The van der Waals surface area contributed by atoms with Gasteiger partial charge in [0.15, 0.2) is 16.6 Å². The lowest BCUT2D eigenvalue weighted by Crippen LogP contribution is -2.34. The van der Waals surface area contributed by atoms with Crippen molar-refractivity contribution in [1.82, 2.24) is 5.32 Å². The summed E-state index contributed by atoms with van der Waals surface area (Å²) in [4.78, 5) is 23.2. The molecule has 0 bridgehead atoms. The second-order valence-electron chi connectivity index (χ2n) is 7.95. The normalized spacial score (nSPS) is 11.1. The number of nitro groups is 1. The Bertz CT molecular complexity index is 1220. The molecule has 3 N–H and O–H groups in total. The maximum Gasteiger partial charge on any atom is 0.293 e. The number of amides is 1. The molecule has 10 heteroatoms. The van der Waals surface area contributed by atoms with Crippen molar-refractivity contribution in [3.63, 3.8) is 0 Å². The first-order chi connectivity index (χ1) is 15.0. The Morgan fingerprint density at radius 3 is 2.53 bits per heavy atom. The SMILES string of the molecule is CC(C)(C)c1cc(Cl)c(O)c(NC(=S)NC(=O)c2ccc(-c3ccccc3[N+](=O)[O-])o2)c1. The Morgan fingerprint density at radius 1 is 1.19 bits per heavy atom. The van der Waals surface area contributed by atoms with Crippen LogP contribution in [0.25, 0.3) is 11.3 Å². The summed E-state index contributed by atoms with van der Waals surface area (Å²) in [5.74, 6) is -0.783. The predicted molar refractivity (Wildman–Crippen MR) is 126 cm³/mol. The van der Waals surface area contributed by atoms with E-state index < -0.39 is 10.8 Å². The maximum atomic E-state index is 12.5. The summed E-state index contributed by atoms with van der Waals surface area (Å²) in [6, 6.07) is 12.3. The third-order valence-electron chi connectivity index (χ3n) is 4.60. The van der Waals surface area contributed by atoms with Gasteiger partial charge in [0, 0.05) is 6.07 Å². The van der Waals surface area contributed by atoms with Crippen LogP contribution in [0, 0.1) is 10.1 Å². The van der Waals surface area contributed by atoms with E-state index in [1.807, 2.05) is 20.8 Å². The number of halogens is 1. The molecule has 0 saturated heterocycles. The summed E-state index contributed by atoms with van der Waals surface area (Å²) in [7, 11) is 0. The summed E-state index contributed by atoms with van der Waals surface area (Å²) in [6.07, 6.45) is 0. The van der Waals surface area contributed by atoms with Crippen molar-refractivity contribution in [3.05, 3.63) is 75.0 Å². The number of rotatable bonds is 4. The van der Waals surface area contributed by atoms with Crippen molar-refractivity contribution in [2.45, 2.75) is 26.2 Å². The number of hydrogen-bond acceptors (Lipinski definition) is 6. The molecule has 0 aliphatic rings. The van der Waals surface area contributed by atoms with Gasteiger partial charge in [-0.25, -0.2) is 0 Å². The Morgan fingerprint density at radius 2 is 1.88 bits per heavy atom. The van der Waals surface area contributed by atoms with Gasteiger partial charge in [-0.05, 0) is 53.5 Å². The fourth-order valence-electron chi connectivity index (χ4n) is 2.89. The van der Waals surface area contributed by atoms with E-state index in [0.29, 0.717) is 0 Å². The van der Waals surface area contributed by atoms with E-state index >= 15 is 0 Å². The lowest BCUT2D eigenvalue weighted by atomic mass is 9.87. The van der Waals surface area contributed by atoms with Gasteiger partial charge in [0.1, 0.15) is 5.76 Å². The number of phenols is 1. The number of nitrogens with one attached hydrogen (secondary N) is 2.